The smallest absolute Gasteiger partial charge is 0.295 e. The van der Waals surface area contributed by atoms with Gasteiger partial charge in [0.05, 0.1) is 12.0 Å². The van der Waals surface area contributed by atoms with Crippen molar-refractivity contribution in [1.82, 2.24) is 10.2 Å². The van der Waals surface area contributed by atoms with E-state index < -0.39 is 0 Å². The lowest BCUT2D eigenvalue weighted by atomic mass is 10.5. The summed E-state index contributed by atoms with van der Waals surface area (Å²) < 4.78 is 11.5. The van der Waals surface area contributed by atoms with E-state index in [-0.39, 0.29) is 6.10 Å². The molecule has 0 unspecified atom stereocenters. The largest absolute Gasteiger partial charge is 0.466 e. The van der Waals surface area contributed by atoms with Gasteiger partial charge in [0.15, 0.2) is 4.34 Å². The maximum atomic E-state index is 5.39. The van der Waals surface area contributed by atoms with E-state index in [1.165, 1.54) is 23.1 Å². The van der Waals surface area contributed by atoms with Gasteiger partial charge in [-0.05, 0) is 32.1 Å². The third kappa shape index (κ3) is 4.26. The summed E-state index contributed by atoms with van der Waals surface area (Å²) in [6.45, 7) is 6.62. The molecule has 1 aromatic heterocycles. The SMILES string of the molecule is CCOCSc1nnc(OC(C)C)s1. The first-order valence-corrected chi connectivity index (χ1v) is 6.23. The summed E-state index contributed by atoms with van der Waals surface area (Å²) in [6.07, 6.45) is 0.146. The molecule has 0 amide bonds. The first-order valence-electron chi connectivity index (χ1n) is 4.43. The minimum absolute atomic E-state index is 0.146. The Labute approximate surface area is 92.0 Å². The molecule has 0 aromatic carbocycles. The van der Waals surface area contributed by atoms with E-state index in [4.69, 9.17) is 9.47 Å². The highest BCUT2D eigenvalue weighted by Crippen LogP contribution is 2.27. The van der Waals surface area contributed by atoms with Gasteiger partial charge >= 0.3 is 0 Å². The number of aromatic nitrogens is 2. The Balaban J connectivity index is 2.35. The van der Waals surface area contributed by atoms with Crippen LogP contribution in [0.5, 0.6) is 5.19 Å². The summed E-state index contributed by atoms with van der Waals surface area (Å²) in [5, 5.41) is 8.50. The first kappa shape index (κ1) is 11.7. The molecule has 0 bridgehead atoms. The first-order chi connectivity index (χ1) is 6.72. The van der Waals surface area contributed by atoms with Crippen molar-refractivity contribution in [3.8, 4) is 5.19 Å². The Kier molecular flexibility index (Phi) is 5.21. The van der Waals surface area contributed by atoms with E-state index in [1.807, 2.05) is 20.8 Å². The lowest BCUT2D eigenvalue weighted by molar-refractivity contribution is 0.199. The lowest BCUT2D eigenvalue weighted by Crippen LogP contribution is -2.04. The zero-order valence-electron chi connectivity index (χ0n) is 8.52. The molecular weight excluding hydrogens is 220 g/mol. The van der Waals surface area contributed by atoms with Gasteiger partial charge in [-0.25, -0.2) is 0 Å². The monoisotopic (exact) mass is 234 g/mol. The van der Waals surface area contributed by atoms with Crippen molar-refractivity contribution in [3.63, 3.8) is 0 Å². The van der Waals surface area contributed by atoms with E-state index in [1.54, 1.807) is 0 Å². The molecule has 1 rings (SSSR count). The van der Waals surface area contributed by atoms with Crippen LogP contribution in [0.3, 0.4) is 0 Å². The minimum atomic E-state index is 0.146. The van der Waals surface area contributed by atoms with E-state index in [2.05, 4.69) is 10.2 Å². The van der Waals surface area contributed by atoms with Crippen LogP contribution >= 0.6 is 23.1 Å². The molecule has 0 N–H and O–H groups in total. The highest BCUT2D eigenvalue weighted by molar-refractivity contribution is 8.00. The Morgan fingerprint density at radius 1 is 1.43 bits per heavy atom. The van der Waals surface area contributed by atoms with E-state index in [0.29, 0.717) is 11.1 Å². The maximum Gasteiger partial charge on any atom is 0.295 e. The quantitative estimate of drug-likeness (QED) is 0.429. The highest BCUT2D eigenvalue weighted by Gasteiger charge is 2.06. The van der Waals surface area contributed by atoms with Crippen molar-refractivity contribution in [2.45, 2.75) is 31.2 Å². The molecular formula is C8H14N2O2S2. The van der Waals surface area contributed by atoms with Crippen molar-refractivity contribution < 1.29 is 9.47 Å². The Hall–Kier alpha value is -0.330. The number of rotatable bonds is 6. The molecule has 0 spiro atoms. The highest BCUT2D eigenvalue weighted by atomic mass is 32.2. The van der Waals surface area contributed by atoms with Gasteiger partial charge in [-0.3, -0.25) is 0 Å². The summed E-state index contributed by atoms with van der Waals surface area (Å²) in [5.41, 5.74) is 0. The average molecular weight is 234 g/mol. The molecule has 4 nitrogen and oxygen atoms in total. The Morgan fingerprint density at radius 3 is 2.86 bits per heavy atom. The fourth-order valence-electron chi connectivity index (χ4n) is 0.680. The van der Waals surface area contributed by atoms with Gasteiger partial charge in [0, 0.05) is 6.61 Å². The van der Waals surface area contributed by atoms with E-state index in [9.17, 15) is 0 Å². The topological polar surface area (TPSA) is 44.2 Å². The van der Waals surface area contributed by atoms with E-state index >= 15 is 0 Å². The normalized spacial score (nSPS) is 10.9. The fraction of sp³-hybridized carbons (Fsp3) is 0.750. The van der Waals surface area contributed by atoms with Gasteiger partial charge in [0.1, 0.15) is 0 Å². The van der Waals surface area contributed by atoms with Crippen molar-refractivity contribution in [2.24, 2.45) is 0 Å². The molecule has 0 aliphatic carbocycles. The molecule has 80 valence electrons. The third-order valence-electron chi connectivity index (χ3n) is 1.19. The van der Waals surface area contributed by atoms with Crippen LogP contribution in [0, 0.1) is 0 Å². The van der Waals surface area contributed by atoms with Gasteiger partial charge in [0.2, 0.25) is 0 Å². The van der Waals surface area contributed by atoms with Crippen LogP contribution in [0.25, 0.3) is 0 Å². The van der Waals surface area contributed by atoms with Crippen LogP contribution in [0.4, 0.5) is 0 Å². The van der Waals surface area contributed by atoms with Crippen LogP contribution in [-0.4, -0.2) is 28.8 Å². The summed E-state index contributed by atoms with van der Waals surface area (Å²) >= 11 is 2.99. The predicted octanol–water partition coefficient (Wildman–Crippen LogP) is 2.41. The van der Waals surface area contributed by atoms with Crippen molar-refractivity contribution in [1.29, 1.82) is 0 Å². The lowest BCUT2D eigenvalue weighted by Gasteiger charge is -2.02. The van der Waals surface area contributed by atoms with Gasteiger partial charge in [-0.1, -0.05) is 16.9 Å². The molecule has 0 radical (unpaired) electrons. The second-order valence-corrected chi connectivity index (χ2v) is 4.87. The maximum absolute atomic E-state index is 5.39. The summed E-state index contributed by atoms with van der Waals surface area (Å²) in [4.78, 5) is 0. The van der Waals surface area contributed by atoms with Gasteiger partial charge in [-0.2, -0.15) is 0 Å². The molecule has 0 atom stereocenters. The second kappa shape index (κ2) is 6.21. The third-order valence-corrected chi connectivity index (χ3v) is 3.02. The Morgan fingerprint density at radius 2 is 2.21 bits per heavy atom. The van der Waals surface area contributed by atoms with Gasteiger partial charge in [0.25, 0.3) is 5.19 Å². The summed E-state index contributed by atoms with van der Waals surface area (Å²) in [7, 11) is 0. The minimum Gasteiger partial charge on any atom is -0.466 e. The van der Waals surface area contributed by atoms with Crippen LogP contribution in [-0.2, 0) is 4.74 Å². The van der Waals surface area contributed by atoms with E-state index in [0.717, 1.165) is 10.9 Å². The van der Waals surface area contributed by atoms with Crippen LogP contribution in [0.1, 0.15) is 20.8 Å². The van der Waals surface area contributed by atoms with Crippen molar-refractivity contribution >= 4 is 23.1 Å². The van der Waals surface area contributed by atoms with Crippen molar-refractivity contribution in [3.05, 3.63) is 0 Å². The Bertz CT molecular complexity index is 266. The second-order valence-electron chi connectivity index (χ2n) is 2.76. The van der Waals surface area contributed by atoms with Gasteiger partial charge < -0.3 is 9.47 Å². The molecule has 0 fully saturated rings. The van der Waals surface area contributed by atoms with Gasteiger partial charge in [-0.15, -0.1) is 5.10 Å². The average Bonchev–Trinajstić information content (AvgIpc) is 2.52. The number of hydrogen-bond acceptors (Lipinski definition) is 6. The molecule has 0 aliphatic rings. The molecule has 6 heteroatoms. The number of nitrogens with zero attached hydrogens (tertiary/aromatic N) is 2. The van der Waals surface area contributed by atoms with Crippen molar-refractivity contribution in [2.75, 3.05) is 12.5 Å². The van der Waals surface area contributed by atoms with Crippen LogP contribution in [0.2, 0.25) is 0 Å². The molecule has 0 saturated carbocycles. The fourth-order valence-corrected chi connectivity index (χ4v) is 2.28. The standard InChI is InChI=1S/C8H14N2O2S2/c1-4-11-5-13-8-10-9-7(14-8)12-6(2)3/h6H,4-5H2,1-3H3. The predicted molar refractivity (Wildman–Crippen MR) is 58.0 cm³/mol. The summed E-state index contributed by atoms with van der Waals surface area (Å²) in [5.74, 6) is 0.618. The number of hydrogen-bond donors (Lipinski definition) is 0. The zero-order valence-corrected chi connectivity index (χ0v) is 10.2. The number of thioether (sulfide) groups is 1. The van der Waals surface area contributed by atoms with Crippen LogP contribution in [0.15, 0.2) is 4.34 Å². The molecule has 1 heterocycles. The summed E-state index contributed by atoms with van der Waals surface area (Å²) in [6, 6.07) is 0. The molecule has 0 saturated heterocycles. The zero-order chi connectivity index (χ0) is 10.4. The molecule has 0 aliphatic heterocycles. The number of ether oxygens (including phenoxy) is 2. The molecule has 14 heavy (non-hydrogen) atoms. The van der Waals surface area contributed by atoms with Crippen LogP contribution < -0.4 is 4.74 Å². The molecule has 1 aromatic rings.